The molecule has 19 heteroatoms. The fourth-order valence-electron chi connectivity index (χ4n) is 7.18. The second-order valence-electron chi connectivity index (χ2n) is 14.8. The molecule has 2 aromatic heterocycles. The van der Waals surface area contributed by atoms with Gasteiger partial charge in [0.05, 0.1) is 6.61 Å². The van der Waals surface area contributed by atoms with Crippen LogP contribution < -0.4 is 43.4 Å². The van der Waals surface area contributed by atoms with Crippen molar-refractivity contribution in [2.75, 3.05) is 24.2 Å². The summed E-state index contributed by atoms with van der Waals surface area (Å²) in [7, 11) is 0. The average Bonchev–Trinajstić information content (AvgIpc) is 3.86. The van der Waals surface area contributed by atoms with E-state index in [1.807, 2.05) is 13.8 Å². The molecule has 0 spiro atoms. The first-order valence-corrected chi connectivity index (χ1v) is 19.4. The Bertz CT molecular complexity index is 2270. The predicted octanol–water partition coefficient (Wildman–Crippen LogP) is 1.32. The number of nitrogen functional groups attached to an aromatic ring is 1. The Morgan fingerprint density at radius 3 is 2.47 bits per heavy atom. The van der Waals surface area contributed by atoms with Crippen molar-refractivity contribution >= 4 is 40.5 Å². The summed E-state index contributed by atoms with van der Waals surface area (Å²) >= 11 is 0. The van der Waals surface area contributed by atoms with Gasteiger partial charge in [0.15, 0.2) is 23.7 Å². The number of unbranched alkanes of at least 4 members (excludes halogenated alkanes) is 1. The molecule has 2 fully saturated rings. The highest BCUT2D eigenvalue weighted by molar-refractivity contribution is 5.98. The lowest BCUT2D eigenvalue weighted by Gasteiger charge is -2.25. The molecule has 0 radical (unpaired) electrons. The van der Waals surface area contributed by atoms with E-state index in [1.165, 1.54) is 22.1 Å². The van der Waals surface area contributed by atoms with E-state index in [4.69, 9.17) is 30.4 Å². The molecule has 4 aromatic rings. The molecule has 4 heterocycles. The maximum absolute atomic E-state index is 13.7. The maximum atomic E-state index is 13.7. The van der Waals surface area contributed by atoms with Gasteiger partial charge in [-0.1, -0.05) is 44.2 Å². The molecular weight excluding hydrogens is 766 g/mol. The summed E-state index contributed by atoms with van der Waals surface area (Å²) in [6, 6.07) is 12.5. The van der Waals surface area contributed by atoms with Gasteiger partial charge in [-0.05, 0) is 61.6 Å². The van der Waals surface area contributed by atoms with Crippen molar-refractivity contribution in [2.45, 2.75) is 96.1 Å². The summed E-state index contributed by atoms with van der Waals surface area (Å²) in [6.07, 6.45) is -1.39. The van der Waals surface area contributed by atoms with E-state index in [0.29, 0.717) is 42.8 Å². The van der Waals surface area contributed by atoms with Crippen LogP contribution in [0.1, 0.15) is 63.7 Å². The van der Waals surface area contributed by atoms with Gasteiger partial charge in [0.2, 0.25) is 23.7 Å². The number of carbonyl (C=O) groups excluding carboxylic acids is 3. The van der Waals surface area contributed by atoms with Gasteiger partial charge >= 0.3 is 5.69 Å². The lowest BCUT2D eigenvalue weighted by Crippen LogP contribution is -2.54. The zero-order chi connectivity index (χ0) is 42.4. The highest BCUT2D eigenvalue weighted by atomic mass is 16.8. The lowest BCUT2D eigenvalue weighted by molar-refractivity contribution is -0.154. The maximum Gasteiger partial charge on any atom is 0.333 e. The Labute approximate surface area is 339 Å². The zero-order valence-electron chi connectivity index (χ0n) is 33.1. The number of aliphatic hydroxyl groups is 1. The number of H-pyrrole nitrogens is 1. The number of nitrogens with one attached hydrogen (secondary N) is 4. The molecule has 1 unspecified atom stereocenters. The second kappa shape index (κ2) is 18.8. The minimum absolute atomic E-state index is 0.00987. The molecule has 2 aromatic carbocycles. The fraction of sp³-hybridized carbons (Fsp3) is 0.450. The number of aromatic nitrogens is 4. The number of allylic oxidation sites excluding steroid dienone is 1. The lowest BCUT2D eigenvalue weighted by atomic mass is 10.0. The molecule has 3 amide bonds. The number of aromatic amines is 1. The van der Waals surface area contributed by atoms with Crippen molar-refractivity contribution in [3.8, 4) is 5.75 Å². The summed E-state index contributed by atoms with van der Waals surface area (Å²) in [5, 5.41) is 18.5. The molecule has 0 aliphatic carbocycles. The summed E-state index contributed by atoms with van der Waals surface area (Å²) < 4.78 is 27.2. The van der Waals surface area contributed by atoms with Crippen LogP contribution in [-0.2, 0) is 41.7 Å². The monoisotopic (exact) mass is 817 g/mol. The van der Waals surface area contributed by atoms with E-state index in [0.717, 1.165) is 5.56 Å². The van der Waals surface area contributed by atoms with E-state index in [-0.39, 0.29) is 42.1 Å². The first-order valence-electron chi connectivity index (χ1n) is 19.4. The number of carbonyl (C=O) groups is 3. The molecule has 316 valence electrons. The molecule has 9 N–H and O–H groups in total. The second-order valence-corrected chi connectivity index (χ2v) is 14.8. The molecule has 2 aliphatic heterocycles. The van der Waals surface area contributed by atoms with Crippen molar-refractivity contribution in [1.82, 2.24) is 29.7 Å². The Morgan fingerprint density at radius 1 is 1.05 bits per heavy atom. The molecule has 19 nitrogen and oxygen atoms in total. The molecule has 7 atom stereocenters. The number of benzene rings is 2. The summed E-state index contributed by atoms with van der Waals surface area (Å²) in [6.45, 7) is 8.87. The van der Waals surface area contributed by atoms with Gasteiger partial charge in [-0.3, -0.25) is 28.7 Å². The first-order chi connectivity index (χ1) is 28.3. The molecule has 0 bridgehead atoms. The highest BCUT2D eigenvalue weighted by Gasteiger charge is 2.54. The van der Waals surface area contributed by atoms with Gasteiger partial charge in [-0.25, -0.2) is 9.36 Å². The van der Waals surface area contributed by atoms with Gasteiger partial charge in [0.25, 0.3) is 5.56 Å². The molecule has 2 saturated heterocycles. The van der Waals surface area contributed by atoms with Crippen molar-refractivity contribution in [3.05, 3.63) is 93.2 Å². The first kappa shape index (κ1) is 42.7. The van der Waals surface area contributed by atoms with E-state index >= 15 is 0 Å². The predicted molar refractivity (Wildman–Crippen MR) is 216 cm³/mol. The van der Waals surface area contributed by atoms with Crippen LogP contribution in [-0.4, -0.2) is 85.5 Å². The standard InChI is InChI=1S/C40H51N9O10/c1-5-17-48-30-33(46-39(42)47-36(30)54)49(40(48)55)37-32-31(28(19-50)57-37)58-38(59-32)24-9-8-10-26(18-24)56-20-23-12-14-25(15-13-23)44-34(52)27(11-6-7-16-41)45-35(53)29(21(2)3)43-22(4)51/h5,8-10,12-15,18,21,27-29,31-32,37-38,50H,1,6-7,11,16-17,19-20,41H2,2-4H3,(H,43,51)(H,44,52)(H,45,53)(H3,42,46,47,54)/t27-,28+,29-,31+,32+,37+,38?/m0/s1. The van der Waals surface area contributed by atoms with Gasteiger partial charge in [-0.15, -0.1) is 6.58 Å². The highest BCUT2D eigenvalue weighted by Crippen LogP contribution is 2.44. The third-order valence-electron chi connectivity index (χ3n) is 10.1. The number of ether oxygens (including phenoxy) is 4. The molecular formula is C40H51N9O10. The van der Waals surface area contributed by atoms with E-state index < -0.39 is 72.6 Å². The number of hydrogen-bond donors (Lipinski definition) is 7. The summed E-state index contributed by atoms with van der Waals surface area (Å²) in [5.41, 5.74) is 12.2. The number of rotatable bonds is 18. The minimum Gasteiger partial charge on any atom is -0.489 e. The van der Waals surface area contributed by atoms with Gasteiger partial charge in [0.1, 0.15) is 42.8 Å². The number of aliphatic hydroxyl groups excluding tert-OH is 1. The number of fused-ring (bicyclic) bond motifs is 2. The normalized spacial score (nSPS) is 20.9. The number of hydrogen-bond acceptors (Lipinski definition) is 13. The van der Waals surface area contributed by atoms with Gasteiger partial charge in [0, 0.05) is 24.7 Å². The quantitative estimate of drug-likeness (QED) is 0.0553. The summed E-state index contributed by atoms with van der Waals surface area (Å²) in [4.78, 5) is 71.3. The Morgan fingerprint density at radius 2 is 1.80 bits per heavy atom. The van der Waals surface area contributed by atoms with Gasteiger partial charge in [-0.2, -0.15) is 4.98 Å². The van der Waals surface area contributed by atoms with E-state index in [9.17, 15) is 29.1 Å². The van der Waals surface area contributed by atoms with Crippen LogP contribution in [0.3, 0.4) is 0 Å². The van der Waals surface area contributed by atoms with E-state index in [2.05, 4.69) is 32.5 Å². The smallest absolute Gasteiger partial charge is 0.333 e. The number of anilines is 2. The molecule has 0 saturated carbocycles. The number of imidazole rings is 1. The molecule has 59 heavy (non-hydrogen) atoms. The zero-order valence-corrected chi connectivity index (χ0v) is 33.1. The average molecular weight is 818 g/mol. The van der Waals surface area contributed by atoms with Crippen LogP contribution in [0, 0.1) is 5.92 Å². The largest absolute Gasteiger partial charge is 0.489 e. The van der Waals surface area contributed by atoms with Crippen LogP contribution in [0.25, 0.3) is 11.2 Å². The van der Waals surface area contributed by atoms with Crippen LogP contribution in [0.15, 0.2) is 70.8 Å². The van der Waals surface area contributed by atoms with Crippen LogP contribution in [0.5, 0.6) is 5.75 Å². The number of nitrogens with two attached hydrogens (primary N) is 2. The number of amides is 3. The third kappa shape index (κ3) is 9.55. The Hall–Kier alpha value is -5.86. The molecule has 6 rings (SSSR count). The van der Waals surface area contributed by atoms with Crippen molar-refractivity contribution in [1.29, 1.82) is 0 Å². The summed E-state index contributed by atoms with van der Waals surface area (Å²) in [5.74, 6) is -1.05. The van der Waals surface area contributed by atoms with Crippen LogP contribution in [0.2, 0.25) is 0 Å². The topological polar surface area (TPSA) is 269 Å². The van der Waals surface area contributed by atoms with Crippen LogP contribution >= 0.6 is 0 Å². The van der Waals surface area contributed by atoms with E-state index in [1.54, 1.807) is 48.5 Å². The van der Waals surface area contributed by atoms with Crippen LogP contribution in [0.4, 0.5) is 11.6 Å². The Balaban J connectivity index is 1.10. The number of nitrogens with zero attached hydrogens (tertiary/aromatic N) is 3. The Kier molecular flexibility index (Phi) is 13.6. The molecule has 2 aliphatic rings. The van der Waals surface area contributed by atoms with Crippen molar-refractivity contribution < 1.29 is 38.4 Å². The SMILES string of the molecule is C=CCn1c(=O)n([C@@H]2O[C@H](CO)[C@H]3OC(c4cccc(OCc5ccc(NC(=O)[C@H](CCCCN)NC(=O)[C@@H](NC(C)=O)C(C)C)cc5)c4)O[C@H]32)c2nc(N)[nH]c(=O)c21. The van der Waals surface area contributed by atoms with Gasteiger partial charge < -0.3 is 51.5 Å². The van der Waals surface area contributed by atoms with Crippen molar-refractivity contribution in [3.63, 3.8) is 0 Å². The minimum atomic E-state index is -1.11. The fourth-order valence-corrected chi connectivity index (χ4v) is 7.18. The third-order valence-corrected chi connectivity index (χ3v) is 10.1. The van der Waals surface area contributed by atoms with Crippen molar-refractivity contribution in [2.24, 2.45) is 11.7 Å².